The quantitative estimate of drug-likeness (QED) is 0.918. The summed E-state index contributed by atoms with van der Waals surface area (Å²) in [7, 11) is 2.18. The van der Waals surface area contributed by atoms with Gasteiger partial charge in [0.25, 0.3) is 0 Å². The van der Waals surface area contributed by atoms with Gasteiger partial charge in [-0.15, -0.1) is 0 Å². The molecule has 0 spiro atoms. The van der Waals surface area contributed by atoms with Gasteiger partial charge in [-0.1, -0.05) is 29.8 Å². The topological polar surface area (TPSA) is 26.7 Å². The number of rotatable bonds is 3. The number of likely N-dealkylation sites (N-methyl/N-ethyl adjacent to an activating group) is 1. The Bertz CT molecular complexity index is 441. The van der Waals surface area contributed by atoms with Crippen LogP contribution < -0.4 is 0 Å². The van der Waals surface area contributed by atoms with E-state index in [9.17, 15) is 5.11 Å². The average molecular weight is 276 g/mol. The number of piperazine rings is 1. The molecule has 0 saturated carbocycles. The maximum atomic E-state index is 10.6. The first-order valence-electron chi connectivity index (χ1n) is 7.51. The molecule has 0 radical (unpaired) electrons. The first-order chi connectivity index (χ1) is 9.31. The summed E-state index contributed by atoms with van der Waals surface area (Å²) in [5, 5.41) is 10.6. The Morgan fingerprint density at radius 2 is 1.75 bits per heavy atom. The average Bonchev–Trinajstić information content (AvgIpc) is 2.41. The third kappa shape index (κ3) is 3.22. The van der Waals surface area contributed by atoms with Crippen molar-refractivity contribution >= 4 is 0 Å². The van der Waals surface area contributed by atoms with Crippen molar-refractivity contribution in [1.29, 1.82) is 0 Å². The molecule has 112 valence electrons. The van der Waals surface area contributed by atoms with Crippen LogP contribution in [0.1, 0.15) is 38.0 Å². The van der Waals surface area contributed by atoms with Crippen molar-refractivity contribution < 1.29 is 5.11 Å². The summed E-state index contributed by atoms with van der Waals surface area (Å²) in [4.78, 5) is 4.80. The largest absolute Gasteiger partial charge is 0.387 e. The molecule has 0 aliphatic carbocycles. The number of hydrogen-bond acceptors (Lipinski definition) is 3. The Balaban J connectivity index is 2.07. The van der Waals surface area contributed by atoms with E-state index in [1.54, 1.807) is 0 Å². The smallest absolute Gasteiger partial charge is 0.0942 e. The van der Waals surface area contributed by atoms with Crippen molar-refractivity contribution in [3.8, 4) is 0 Å². The Morgan fingerprint density at radius 1 is 1.15 bits per heavy atom. The minimum absolute atomic E-state index is 0.144. The van der Waals surface area contributed by atoms with Crippen LogP contribution >= 0.6 is 0 Å². The molecule has 0 aromatic heterocycles. The van der Waals surface area contributed by atoms with Crippen molar-refractivity contribution in [2.24, 2.45) is 0 Å². The Labute approximate surface area is 123 Å². The van der Waals surface area contributed by atoms with Crippen LogP contribution in [0.25, 0.3) is 0 Å². The highest BCUT2D eigenvalue weighted by atomic mass is 16.3. The molecule has 1 saturated heterocycles. The predicted octanol–water partition coefficient (Wildman–Crippen LogP) is 2.44. The van der Waals surface area contributed by atoms with Gasteiger partial charge in [-0.05, 0) is 40.3 Å². The number of aryl methyl sites for hydroxylation is 1. The van der Waals surface area contributed by atoms with Crippen LogP contribution in [0.2, 0.25) is 0 Å². The van der Waals surface area contributed by atoms with Crippen LogP contribution in [0.5, 0.6) is 0 Å². The fourth-order valence-electron chi connectivity index (χ4n) is 2.87. The van der Waals surface area contributed by atoms with Crippen LogP contribution in [-0.4, -0.2) is 53.2 Å². The van der Waals surface area contributed by atoms with Crippen LogP contribution in [-0.2, 0) is 0 Å². The summed E-state index contributed by atoms with van der Waals surface area (Å²) in [5.41, 5.74) is 2.41. The highest BCUT2D eigenvalue weighted by molar-refractivity contribution is 5.24. The highest BCUT2D eigenvalue weighted by Crippen LogP contribution is 2.26. The predicted molar refractivity (Wildman–Crippen MR) is 83.9 cm³/mol. The first-order valence-corrected chi connectivity index (χ1v) is 7.51. The van der Waals surface area contributed by atoms with Gasteiger partial charge in [-0.25, -0.2) is 0 Å². The molecule has 1 aromatic rings. The fourth-order valence-corrected chi connectivity index (χ4v) is 2.87. The molecule has 2 unspecified atom stereocenters. The van der Waals surface area contributed by atoms with Crippen molar-refractivity contribution in [2.45, 2.75) is 45.4 Å². The second kappa shape index (κ2) is 5.84. The van der Waals surface area contributed by atoms with Gasteiger partial charge in [0.2, 0.25) is 0 Å². The van der Waals surface area contributed by atoms with E-state index in [2.05, 4.69) is 56.7 Å². The van der Waals surface area contributed by atoms with Gasteiger partial charge in [0.05, 0.1) is 6.10 Å². The van der Waals surface area contributed by atoms with E-state index in [1.807, 2.05) is 12.1 Å². The fraction of sp³-hybridized carbons (Fsp3) is 0.647. The molecule has 1 N–H and O–H groups in total. The summed E-state index contributed by atoms with van der Waals surface area (Å²) < 4.78 is 0. The monoisotopic (exact) mass is 276 g/mol. The van der Waals surface area contributed by atoms with Gasteiger partial charge in [0.1, 0.15) is 0 Å². The standard InChI is InChI=1S/C17H28N2O/c1-13-6-8-15(9-7-13)16(20)14(2)19-11-10-18(5)17(3,4)12-19/h6-9,14,16,20H,10-12H2,1-5H3. The van der Waals surface area contributed by atoms with Gasteiger partial charge in [-0.3, -0.25) is 9.80 Å². The van der Waals surface area contributed by atoms with Crippen molar-refractivity contribution in [3.05, 3.63) is 35.4 Å². The zero-order valence-corrected chi connectivity index (χ0v) is 13.4. The molecule has 20 heavy (non-hydrogen) atoms. The van der Waals surface area contributed by atoms with Crippen LogP contribution in [0.3, 0.4) is 0 Å². The molecule has 0 bridgehead atoms. The number of benzene rings is 1. The van der Waals surface area contributed by atoms with Gasteiger partial charge < -0.3 is 5.11 Å². The van der Waals surface area contributed by atoms with E-state index in [-0.39, 0.29) is 11.6 Å². The van der Waals surface area contributed by atoms with Crippen LogP contribution in [0.4, 0.5) is 0 Å². The van der Waals surface area contributed by atoms with E-state index in [0.717, 1.165) is 25.2 Å². The van der Waals surface area contributed by atoms with E-state index < -0.39 is 6.10 Å². The molecule has 3 heteroatoms. The zero-order chi connectivity index (χ0) is 14.9. The summed E-state index contributed by atoms with van der Waals surface area (Å²) in [6, 6.07) is 8.36. The molecule has 0 amide bonds. The van der Waals surface area contributed by atoms with E-state index in [1.165, 1.54) is 5.56 Å². The Morgan fingerprint density at radius 3 is 2.30 bits per heavy atom. The number of nitrogens with zero attached hydrogens (tertiary/aromatic N) is 2. The van der Waals surface area contributed by atoms with Crippen molar-refractivity contribution in [3.63, 3.8) is 0 Å². The lowest BCUT2D eigenvalue weighted by Gasteiger charge is -2.48. The third-order valence-electron chi connectivity index (χ3n) is 4.80. The normalized spacial score (nSPS) is 23.5. The molecule has 1 fully saturated rings. The lowest BCUT2D eigenvalue weighted by atomic mass is 9.95. The Kier molecular flexibility index (Phi) is 4.52. The molecule has 1 aliphatic rings. The van der Waals surface area contributed by atoms with E-state index in [0.29, 0.717) is 0 Å². The molecular formula is C17H28N2O. The van der Waals surface area contributed by atoms with Crippen molar-refractivity contribution in [1.82, 2.24) is 9.80 Å². The van der Waals surface area contributed by atoms with E-state index >= 15 is 0 Å². The summed E-state index contributed by atoms with van der Waals surface area (Å²) >= 11 is 0. The molecule has 3 nitrogen and oxygen atoms in total. The van der Waals surface area contributed by atoms with E-state index in [4.69, 9.17) is 0 Å². The van der Waals surface area contributed by atoms with Crippen LogP contribution in [0.15, 0.2) is 24.3 Å². The molecule has 2 rings (SSSR count). The second-order valence-corrected chi connectivity index (χ2v) is 6.80. The third-order valence-corrected chi connectivity index (χ3v) is 4.80. The maximum Gasteiger partial charge on any atom is 0.0942 e. The van der Waals surface area contributed by atoms with Gasteiger partial charge in [0, 0.05) is 31.2 Å². The lowest BCUT2D eigenvalue weighted by Crippen LogP contribution is -2.60. The molecular weight excluding hydrogens is 248 g/mol. The molecule has 1 aliphatic heterocycles. The van der Waals surface area contributed by atoms with Gasteiger partial charge in [-0.2, -0.15) is 0 Å². The minimum Gasteiger partial charge on any atom is -0.387 e. The molecule has 1 heterocycles. The summed E-state index contributed by atoms with van der Waals surface area (Å²) in [6.45, 7) is 11.8. The minimum atomic E-state index is -0.421. The first kappa shape index (κ1) is 15.5. The number of aliphatic hydroxyl groups is 1. The number of hydrogen-bond donors (Lipinski definition) is 1. The molecule has 1 aromatic carbocycles. The SMILES string of the molecule is Cc1ccc(C(O)C(C)N2CCN(C)C(C)(C)C2)cc1. The zero-order valence-electron chi connectivity index (χ0n) is 13.4. The van der Waals surface area contributed by atoms with Crippen molar-refractivity contribution in [2.75, 3.05) is 26.7 Å². The van der Waals surface area contributed by atoms with Gasteiger partial charge in [0.15, 0.2) is 0 Å². The molecule has 2 atom stereocenters. The van der Waals surface area contributed by atoms with Gasteiger partial charge >= 0.3 is 0 Å². The summed E-state index contributed by atoms with van der Waals surface area (Å²) in [5.74, 6) is 0. The lowest BCUT2D eigenvalue weighted by molar-refractivity contribution is -0.0184. The number of aliphatic hydroxyl groups excluding tert-OH is 1. The maximum absolute atomic E-state index is 10.6. The highest BCUT2D eigenvalue weighted by Gasteiger charge is 2.35. The second-order valence-electron chi connectivity index (χ2n) is 6.80. The summed E-state index contributed by atoms with van der Waals surface area (Å²) in [6.07, 6.45) is -0.421. The van der Waals surface area contributed by atoms with Crippen LogP contribution in [0, 0.1) is 6.92 Å². The Hall–Kier alpha value is -0.900.